The van der Waals surface area contributed by atoms with E-state index in [4.69, 9.17) is 0 Å². The highest BCUT2D eigenvalue weighted by atomic mass is 16.1. The van der Waals surface area contributed by atoms with Crippen molar-refractivity contribution >= 4 is 5.91 Å². The zero-order valence-corrected chi connectivity index (χ0v) is 5.69. The van der Waals surface area contributed by atoms with Crippen LogP contribution in [0.4, 0.5) is 0 Å². The number of amides is 1. The Hall–Kier alpha value is -0.530. The van der Waals surface area contributed by atoms with Crippen LogP contribution < -0.4 is 5.32 Å². The predicted octanol–water partition coefficient (Wildman–Crippen LogP) is 1.03. The summed E-state index contributed by atoms with van der Waals surface area (Å²) in [5, 5.41) is 2.75. The van der Waals surface area contributed by atoms with Gasteiger partial charge in [0.15, 0.2) is 0 Å². The lowest BCUT2D eigenvalue weighted by Gasteiger charge is -2.04. The van der Waals surface area contributed by atoms with E-state index in [2.05, 4.69) is 5.32 Å². The Labute approximate surface area is 51.8 Å². The van der Waals surface area contributed by atoms with Crippen molar-refractivity contribution in [2.75, 3.05) is 0 Å². The van der Waals surface area contributed by atoms with Gasteiger partial charge in [0.2, 0.25) is 5.91 Å². The molecule has 0 rings (SSSR count). The lowest BCUT2D eigenvalue weighted by Crippen LogP contribution is -2.29. The van der Waals surface area contributed by atoms with Crippen molar-refractivity contribution in [3.05, 3.63) is 0 Å². The topological polar surface area (TPSA) is 29.1 Å². The van der Waals surface area contributed by atoms with Gasteiger partial charge in [0, 0.05) is 12.5 Å². The highest BCUT2D eigenvalue weighted by Crippen LogP contribution is 1.79. The standard InChI is InChI=1S/C6H13NO/c1-4-6(8)7-5(2)3/h5H,4H2,1-3H3,(H,7,8)/p+1. The fourth-order valence-corrected chi connectivity index (χ4v) is 0.424. The molecule has 0 saturated heterocycles. The van der Waals surface area contributed by atoms with E-state index in [0.717, 1.165) is 0 Å². The molecule has 1 amide bonds. The third-order valence-electron chi connectivity index (χ3n) is 0.771. The molecule has 0 spiro atoms. The van der Waals surface area contributed by atoms with Crippen molar-refractivity contribution in [3.63, 3.8) is 0 Å². The first kappa shape index (κ1) is 7.47. The molecule has 0 aromatic carbocycles. The number of hydrogen-bond donors (Lipinski definition) is 1. The lowest BCUT2D eigenvalue weighted by molar-refractivity contribution is -0.121. The molecule has 2 nitrogen and oxygen atoms in total. The summed E-state index contributed by atoms with van der Waals surface area (Å²) in [5.41, 5.74) is 0. The van der Waals surface area contributed by atoms with Crippen LogP contribution in [0, 0.1) is 0 Å². The average Bonchev–Trinajstić information content (AvgIpc) is 1.65. The molecule has 0 atom stereocenters. The summed E-state index contributed by atoms with van der Waals surface area (Å²) in [7, 11) is 0. The Balaban J connectivity index is 0. The Bertz CT molecular complexity index is 83.1. The molecule has 0 aliphatic rings. The molecule has 0 saturated carbocycles. The second kappa shape index (κ2) is 3.47. The van der Waals surface area contributed by atoms with E-state index >= 15 is 0 Å². The molecule has 0 aromatic rings. The molecule has 2 heteroatoms. The van der Waals surface area contributed by atoms with E-state index in [9.17, 15) is 4.79 Å². The number of hydrogen-bond acceptors (Lipinski definition) is 1. The quantitative estimate of drug-likeness (QED) is 0.573. The maximum Gasteiger partial charge on any atom is 1.00 e. The SMILES string of the molecule is CCC(=O)NC(C)C.[H+]. The molecular weight excluding hydrogens is 102 g/mol. The molecule has 1 N–H and O–H groups in total. The Morgan fingerprint density at radius 3 is 2.38 bits per heavy atom. The third kappa shape index (κ3) is 3.65. The fraction of sp³-hybridized carbons (Fsp3) is 0.833. The molecule has 0 bridgehead atoms. The van der Waals surface area contributed by atoms with Gasteiger partial charge < -0.3 is 5.32 Å². The van der Waals surface area contributed by atoms with Gasteiger partial charge in [-0.1, -0.05) is 6.92 Å². The van der Waals surface area contributed by atoms with Gasteiger partial charge in [-0.15, -0.1) is 0 Å². The molecule has 0 aromatic heterocycles. The van der Waals surface area contributed by atoms with Crippen molar-refractivity contribution in [1.82, 2.24) is 5.32 Å². The Morgan fingerprint density at radius 2 is 2.25 bits per heavy atom. The van der Waals surface area contributed by atoms with E-state index in [0.29, 0.717) is 6.42 Å². The van der Waals surface area contributed by atoms with Gasteiger partial charge >= 0.3 is 1.43 Å². The molecule has 0 unspecified atom stereocenters. The minimum absolute atomic E-state index is 0. The summed E-state index contributed by atoms with van der Waals surface area (Å²) >= 11 is 0. The van der Waals surface area contributed by atoms with E-state index in [1.54, 1.807) is 0 Å². The molecule has 48 valence electrons. The maximum atomic E-state index is 10.5. The Kier molecular flexibility index (Phi) is 3.24. The van der Waals surface area contributed by atoms with Crippen molar-refractivity contribution < 1.29 is 6.22 Å². The van der Waals surface area contributed by atoms with E-state index < -0.39 is 0 Å². The average molecular weight is 116 g/mol. The van der Waals surface area contributed by atoms with Crippen molar-refractivity contribution in [2.45, 2.75) is 33.2 Å². The van der Waals surface area contributed by atoms with Gasteiger partial charge in [-0.05, 0) is 13.8 Å². The summed E-state index contributed by atoms with van der Waals surface area (Å²) in [5.74, 6) is 0.125. The van der Waals surface area contributed by atoms with E-state index in [-0.39, 0.29) is 13.4 Å². The number of rotatable bonds is 2. The summed E-state index contributed by atoms with van der Waals surface area (Å²) in [6.07, 6.45) is 0.582. The van der Waals surface area contributed by atoms with Gasteiger partial charge in [-0.2, -0.15) is 0 Å². The van der Waals surface area contributed by atoms with E-state index in [1.807, 2.05) is 20.8 Å². The normalized spacial score (nSPS) is 9.50. The monoisotopic (exact) mass is 116 g/mol. The predicted molar refractivity (Wildman–Crippen MR) is 34.7 cm³/mol. The molecule has 0 aliphatic heterocycles. The summed E-state index contributed by atoms with van der Waals surface area (Å²) in [6, 6.07) is 0.280. The van der Waals surface area contributed by atoms with Gasteiger partial charge in [0.1, 0.15) is 0 Å². The van der Waals surface area contributed by atoms with Crippen LogP contribution >= 0.6 is 0 Å². The first-order valence-corrected chi connectivity index (χ1v) is 2.96. The van der Waals surface area contributed by atoms with Crippen LogP contribution in [-0.2, 0) is 4.79 Å². The zero-order valence-electron chi connectivity index (χ0n) is 6.69. The number of nitrogens with one attached hydrogen (secondary N) is 1. The second-order valence-corrected chi connectivity index (χ2v) is 2.08. The van der Waals surface area contributed by atoms with Crippen molar-refractivity contribution in [3.8, 4) is 0 Å². The van der Waals surface area contributed by atoms with E-state index in [1.165, 1.54) is 0 Å². The van der Waals surface area contributed by atoms with Gasteiger partial charge in [-0.25, -0.2) is 0 Å². The molecular formula is C6H14NO+. The van der Waals surface area contributed by atoms with Crippen LogP contribution in [0.15, 0.2) is 0 Å². The lowest BCUT2D eigenvalue weighted by atomic mass is 10.3. The van der Waals surface area contributed by atoms with Crippen LogP contribution in [0.25, 0.3) is 0 Å². The minimum Gasteiger partial charge on any atom is -0.354 e. The van der Waals surface area contributed by atoms with Crippen LogP contribution in [-0.4, -0.2) is 11.9 Å². The summed E-state index contributed by atoms with van der Waals surface area (Å²) in [6.45, 7) is 5.75. The largest absolute Gasteiger partial charge is 1.00 e. The molecule has 8 heavy (non-hydrogen) atoms. The van der Waals surface area contributed by atoms with Crippen LogP contribution in [0.5, 0.6) is 0 Å². The highest BCUT2D eigenvalue weighted by Gasteiger charge is 1.96. The molecule has 0 aliphatic carbocycles. The number of carbonyl (C=O) groups excluding carboxylic acids is 1. The first-order chi connectivity index (χ1) is 3.66. The summed E-state index contributed by atoms with van der Waals surface area (Å²) in [4.78, 5) is 10.5. The van der Waals surface area contributed by atoms with Crippen molar-refractivity contribution in [2.24, 2.45) is 0 Å². The van der Waals surface area contributed by atoms with Gasteiger partial charge in [0.05, 0.1) is 0 Å². The van der Waals surface area contributed by atoms with Gasteiger partial charge in [0.25, 0.3) is 0 Å². The second-order valence-electron chi connectivity index (χ2n) is 2.08. The number of carbonyl (C=O) groups is 1. The Morgan fingerprint density at radius 1 is 1.75 bits per heavy atom. The molecule has 0 fully saturated rings. The van der Waals surface area contributed by atoms with Crippen LogP contribution in [0.1, 0.15) is 28.6 Å². The minimum atomic E-state index is 0. The van der Waals surface area contributed by atoms with Crippen LogP contribution in [0.2, 0.25) is 0 Å². The van der Waals surface area contributed by atoms with Gasteiger partial charge in [-0.3, -0.25) is 4.79 Å². The highest BCUT2D eigenvalue weighted by molar-refractivity contribution is 5.75. The molecule has 0 radical (unpaired) electrons. The summed E-state index contributed by atoms with van der Waals surface area (Å²) < 4.78 is 0. The zero-order chi connectivity index (χ0) is 6.57. The fourth-order valence-electron chi connectivity index (χ4n) is 0.424. The molecule has 0 heterocycles. The van der Waals surface area contributed by atoms with Crippen LogP contribution in [0.3, 0.4) is 0 Å². The first-order valence-electron chi connectivity index (χ1n) is 2.96. The smallest absolute Gasteiger partial charge is 0.354 e. The third-order valence-corrected chi connectivity index (χ3v) is 0.771. The maximum absolute atomic E-state index is 10.5. The van der Waals surface area contributed by atoms with Crippen molar-refractivity contribution in [1.29, 1.82) is 0 Å².